The number of Topliss-reactive ketones (excluding diaryl/α,β-unsaturated/α-hetero) is 1. The molecule has 36 heavy (non-hydrogen) atoms. The van der Waals surface area contributed by atoms with Gasteiger partial charge in [0.15, 0.2) is 34.4 Å². The first-order chi connectivity index (χ1) is 17.4. The lowest BCUT2D eigenvalue weighted by Gasteiger charge is -2.26. The number of phenols is 1. The first kappa shape index (κ1) is 23.1. The van der Waals surface area contributed by atoms with E-state index in [9.17, 15) is 19.8 Å². The highest BCUT2D eigenvalue weighted by molar-refractivity contribution is 6.16. The lowest BCUT2D eigenvalue weighted by atomic mass is 9.94. The molecule has 4 aromatic rings. The number of nitrogens with zero attached hydrogens (tertiary/aromatic N) is 1. The lowest BCUT2D eigenvalue weighted by molar-refractivity contribution is -0.130. The molecule has 0 fully saturated rings. The van der Waals surface area contributed by atoms with E-state index in [1.807, 2.05) is 0 Å². The van der Waals surface area contributed by atoms with Gasteiger partial charge in [0.2, 0.25) is 5.78 Å². The number of hydrogen-bond acceptors (Lipinski definition) is 8. The van der Waals surface area contributed by atoms with E-state index < -0.39 is 23.5 Å². The molecule has 2 aromatic heterocycles. The number of hydrogen-bond donors (Lipinski definition) is 2. The zero-order valence-corrected chi connectivity index (χ0v) is 19.6. The fourth-order valence-corrected chi connectivity index (χ4v) is 4.38. The van der Waals surface area contributed by atoms with Crippen LogP contribution >= 0.6 is 0 Å². The van der Waals surface area contributed by atoms with E-state index in [1.54, 1.807) is 55.5 Å². The van der Waals surface area contributed by atoms with Crippen molar-refractivity contribution in [3.63, 3.8) is 0 Å². The summed E-state index contributed by atoms with van der Waals surface area (Å²) < 4.78 is 22.1. The van der Waals surface area contributed by atoms with Gasteiger partial charge in [-0.25, -0.2) is 0 Å². The average molecular weight is 489 g/mol. The molecule has 2 aromatic carbocycles. The number of aliphatic hydroxyl groups excluding tert-OH is 1. The summed E-state index contributed by atoms with van der Waals surface area (Å²) in [5.41, 5.74) is 0.676. The molecule has 9 heteroatoms. The molecule has 1 aliphatic heterocycles. The van der Waals surface area contributed by atoms with Crippen molar-refractivity contribution in [1.29, 1.82) is 0 Å². The fourth-order valence-electron chi connectivity index (χ4n) is 4.38. The largest absolute Gasteiger partial charge is 0.504 e. The monoisotopic (exact) mass is 489 g/mol. The van der Waals surface area contributed by atoms with E-state index in [0.717, 1.165) is 0 Å². The van der Waals surface area contributed by atoms with E-state index in [2.05, 4.69) is 0 Å². The second kappa shape index (κ2) is 9.18. The number of methoxy groups -OCH3 is 1. The first-order valence-corrected chi connectivity index (χ1v) is 11.3. The Bertz CT molecular complexity index is 1480. The van der Waals surface area contributed by atoms with Crippen LogP contribution in [0.4, 0.5) is 0 Å². The highest BCUT2D eigenvalue weighted by Crippen LogP contribution is 2.43. The van der Waals surface area contributed by atoms with E-state index in [-0.39, 0.29) is 29.4 Å². The molecule has 0 spiro atoms. The molecule has 9 nitrogen and oxygen atoms in total. The van der Waals surface area contributed by atoms with Crippen LogP contribution in [0.1, 0.15) is 34.8 Å². The molecule has 3 heterocycles. The van der Waals surface area contributed by atoms with Crippen molar-refractivity contribution in [2.75, 3.05) is 13.7 Å². The molecule has 2 N–H and O–H groups in total. The van der Waals surface area contributed by atoms with Crippen molar-refractivity contribution in [3.05, 3.63) is 89.3 Å². The maximum atomic E-state index is 13.7. The minimum absolute atomic E-state index is 0.00383. The molecule has 184 valence electrons. The van der Waals surface area contributed by atoms with Crippen LogP contribution in [-0.2, 0) is 11.3 Å². The fraction of sp³-hybridized carbons (Fsp3) is 0.185. The minimum atomic E-state index is -0.995. The van der Waals surface area contributed by atoms with Crippen molar-refractivity contribution in [1.82, 2.24) is 4.90 Å². The molecule has 0 saturated heterocycles. The van der Waals surface area contributed by atoms with E-state index in [4.69, 9.17) is 18.3 Å². The second-order valence-corrected chi connectivity index (χ2v) is 8.16. The van der Waals surface area contributed by atoms with Crippen molar-refractivity contribution >= 4 is 22.7 Å². The normalized spacial score (nSPS) is 15.7. The number of para-hydroxylation sites is 1. The molecule has 1 atom stereocenters. The van der Waals surface area contributed by atoms with Crippen LogP contribution in [0.15, 0.2) is 81.0 Å². The zero-order valence-electron chi connectivity index (χ0n) is 19.6. The Morgan fingerprint density at radius 3 is 2.64 bits per heavy atom. The number of aliphatic hydroxyl groups is 1. The molecule has 0 bridgehead atoms. The summed E-state index contributed by atoms with van der Waals surface area (Å²) in [5, 5.41) is 21.7. The number of carbonyl (C=O) groups excluding carboxylic acids is 2. The molecule has 1 amide bonds. The van der Waals surface area contributed by atoms with Gasteiger partial charge in [-0.1, -0.05) is 18.2 Å². The molecular weight excluding hydrogens is 466 g/mol. The topological polar surface area (TPSA) is 123 Å². The summed E-state index contributed by atoms with van der Waals surface area (Å²) in [6.45, 7) is 2.06. The van der Waals surface area contributed by atoms with Gasteiger partial charge < -0.3 is 33.4 Å². The van der Waals surface area contributed by atoms with Gasteiger partial charge in [0.05, 0.1) is 38.1 Å². The Morgan fingerprint density at radius 1 is 1.08 bits per heavy atom. The third-order valence-electron chi connectivity index (χ3n) is 6.01. The maximum Gasteiger partial charge on any atom is 0.290 e. The number of furan rings is 2. The number of aromatic hydroxyl groups is 1. The summed E-state index contributed by atoms with van der Waals surface area (Å²) in [6.07, 6.45) is 1.47. The van der Waals surface area contributed by atoms with Crippen LogP contribution < -0.4 is 9.47 Å². The number of amides is 1. The predicted octanol–water partition coefficient (Wildman–Crippen LogP) is 4.92. The van der Waals surface area contributed by atoms with Crippen LogP contribution in [0.2, 0.25) is 0 Å². The quantitative estimate of drug-likeness (QED) is 0.335. The summed E-state index contributed by atoms with van der Waals surface area (Å²) in [6, 6.07) is 13.7. The molecule has 0 saturated carbocycles. The van der Waals surface area contributed by atoms with Gasteiger partial charge in [0, 0.05) is 5.39 Å². The first-order valence-electron chi connectivity index (χ1n) is 11.3. The smallest absolute Gasteiger partial charge is 0.290 e. The number of rotatable bonds is 8. The Morgan fingerprint density at radius 2 is 1.92 bits per heavy atom. The van der Waals surface area contributed by atoms with E-state index in [1.165, 1.54) is 24.3 Å². The van der Waals surface area contributed by atoms with Crippen molar-refractivity contribution in [2.24, 2.45) is 0 Å². The number of benzene rings is 2. The highest BCUT2D eigenvalue weighted by atomic mass is 16.5. The van der Waals surface area contributed by atoms with Gasteiger partial charge in [-0.2, -0.15) is 0 Å². The number of carbonyl (C=O) groups is 2. The van der Waals surface area contributed by atoms with Gasteiger partial charge in [-0.05, 0) is 48.9 Å². The molecule has 1 unspecified atom stereocenters. The SMILES string of the molecule is CCOc1cc(C2C(C(=O)c3cc4cccc(OC)c4o3)=C(O)C(=O)N2Cc2ccco2)ccc1O. The summed E-state index contributed by atoms with van der Waals surface area (Å²) in [5.74, 6) is -1.13. The van der Waals surface area contributed by atoms with Gasteiger partial charge in [0.1, 0.15) is 5.76 Å². The maximum absolute atomic E-state index is 13.7. The second-order valence-electron chi connectivity index (χ2n) is 8.16. The summed E-state index contributed by atoms with van der Waals surface area (Å²) in [4.78, 5) is 28.3. The van der Waals surface area contributed by atoms with Crippen LogP contribution in [0.3, 0.4) is 0 Å². The van der Waals surface area contributed by atoms with E-state index >= 15 is 0 Å². The van der Waals surface area contributed by atoms with Gasteiger partial charge in [-0.3, -0.25) is 9.59 Å². The zero-order chi connectivity index (χ0) is 25.4. The third-order valence-corrected chi connectivity index (χ3v) is 6.01. The Balaban J connectivity index is 1.63. The Hall–Kier alpha value is -4.66. The highest BCUT2D eigenvalue weighted by Gasteiger charge is 2.45. The van der Waals surface area contributed by atoms with Crippen molar-refractivity contribution in [2.45, 2.75) is 19.5 Å². The summed E-state index contributed by atoms with van der Waals surface area (Å²) >= 11 is 0. The number of fused-ring (bicyclic) bond motifs is 1. The molecule has 1 aliphatic rings. The van der Waals surface area contributed by atoms with E-state index in [0.29, 0.717) is 34.6 Å². The summed E-state index contributed by atoms with van der Waals surface area (Å²) in [7, 11) is 1.49. The minimum Gasteiger partial charge on any atom is -0.504 e. The van der Waals surface area contributed by atoms with Gasteiger partial charge >= 0.3 is 0 Å². The molecule has 5 rings (SSSR count). The van der Waals surface area contributed by atoms with Gasteiger partial charge in [0.25, 0.3) is 5.91 Å². The molecule has 0 aliphatic carbocycles. The molecule has 0 radical (unpaired) electrons. The lowest BCUT2D eigenvalue weighted by Crippen LogP contribution is -2.30. The average Bonchev–Trinajstić information content (AvgIpc) is 3.60. The number of ketones is 1. The Labute approximate surface area is 205 Å². The number of ether oxygens (including phenoxy) is 2. The van der Waals surface area contributed by atoms with Crippen molar-refractivity contribution in [3.8, 4) is 17.2 Å². The number of phenolic OH excluding ortho intramolecular Hbond substituents is 1. The van der Waals surface area contributed by atoms with Gasteiger partial charge in [-0.15, -0.1) is 0 Å². The van der Waals surface area contributed by atoms with Crippen LogP contribution in [-0.4, -0.2) is 40.5 Å². The van der Waals surface area contributed by atoms with Crippen LogP contribution in [0, 0.1) is 0 Å². The van der Waals surface area contributed by atoms with Crippen molar-refractivity contribution < 1.29 is 38.1 Å². The van der Waals surface area contributed by atoms with Crippen LogP contribution in [0.25, 0.3) is 11.0 Å². The third kappa shape index (κ3) is 3.84. The molecular formula is C27H23NO8. The Kier molecular flexibility index (Phi) is 5.89. The van der Waals surface area contributed by atoms with Crippen LogP contribution in [0.5, 0.6) is 17.2 Å². The predicted molar refractivity (Wildman–Crippen MR) is 128 cm³/mol. The standard InChI is InChI=1S/C27H23NO8/c1-3-34-20-12-15(9-10-18(20)29)23-22(25(31)27(32)28(23)14-17-7-5-11-35-17)24(30)21-13-16-6-4-8-19(33-2)26(16)36-21/h4-13,23,29,31H,3,14H2,1-2H3.